The van der Waals surface area contributed by atoms with Crippen LogP contribution in [-0.4, -0.2) is 65.5 Å². The molecule has 0 saturated heterocycles. The number of allylic oxidation sites excluding steroid dienone is 2. The van der Waals surface area contributed by atoms with Gasteiger partial charge in [0.05, 0.1) is 5.92 Å². The van der Waals surface area contributed by atoms with Crippen LogP contribution in [-0.2, 0) is 25.7 Å². The molecule has 1 aromatic carbocycles. The molecule has 5 fully saturated rings. The van der Waals surface area contributed by atoms with Crippen LogP contribution in [0, 0.1) is 74.9 Å². The van der Waals surface area contributed by atoms with E-state index in [-0.39, 0.29) is 57.4 Å². The highest BCUT2D eigenvalue weighted by Gasteiger charge is 2.66. The lowest BCUT2D eigenvalue weighted by Gasteiger charge is -2.69. The first-order chi connectivity index (χ1) is 26.7. The number of ketones is 2. The molecule has 5 saturated carbocycles. The monoisotopic (exact) mass is 803 g/mol. The lowest BCUT2D eigenvalue weighted by atomic mass is 9.35. The SMILES string of the molecule is CC(C)C1=C2C3CCC4C(C)(CCC5C(C)(C)C(CC(=O)C6CC(C(=O)O)C6C)CCC54C)C3CCC2(CC(=O)N(CCN(C)C)Cc2ccccc2Cl)CC1=O. The Hall–Kier alpha value is -2.51. The predicted octanol–water partition coefficient (Wildman–Crippen LogP) is 10.1. The van der Waals surface area contributed by atoms with Crippen molar-refractivity contribution in [2.24, 2.45) is 74.9 Å². The number of aliphatic carboxylic acids is 1. The molecule has 7 rings (SSSR count). The third-order valence-electron chi connectivity index (χ3n) is 17.9. The highest BCUT2D eigenvalue weighted by molar-refractivity contribution is 6.31. The predicted molar refractivity (Wildman–Crippen MR) is 226 cm³/mol. The number of fused-ring (bicyclic) bond motifs is 7. The molecule has 57 heavy (non-hydrogen) atoms. The number of halogens is 1. The summed E-state index contributed by atoms with van der Waals surface area (Å²) in [6, 6.07) is 7.82. The van der Waals surface area contributed by atoms with Crippen LogP contribution in [0.5, 0.6) is 0 Å². The van der Waals surface area contributed by atoms with Crippen molar-refractivity contribution < 1.29 is 24.3 Å². The molecule has 8 heteroatoms. The van der Waals surface area contributed by atoms with Gasteiger partial charge in [0, 0.05) is 55.3 Å². The molecule has 1 aromatic rings. The van der Waals surface area contributed by atoms with Gasteiger partial charge in [0.2, 0.25) is 5.91 Å². The van der Waals surface area contributed by atoms with Crippen molar-refractivity contribution in [3.63, 3.8) is 0 Å². The van der Waals surface area contributed by atoms with Gasteiger partial charge in [-0.3, -0.25) is 19.2 Å². The van der Waals surface area contributed by atoms with Crippen molar-refractivity contribution in [1.29, 1.82) is 0 Å². The Morgan fingerprint density at radius 1 is 0.895 bits per heavy atom. The molecular weight excluding hydrogens is 732 g/mol. The third kappa shape index (κ3) is 7.19. The van der Waals surface area contributed by atoms with Gasteiger partial charge in [-0.05, 0) is 147 Å². The minimum absolute atomic E-state index is 0.0236. The van der Waals surface area contributed by atoms with E-state index in [4.69, 9.17) is 11.6 Å². The number of carboxylic acids is 1. The van der Waals surface area contributed by atoms with Gasteiger partial charge in [0.15, 0.2) is 5.78 Å². The lowest BCUT2D eigenvalue weighted by molar-refractivity contribution is -0.193. The molecule has 0 aromatic heterocycles. The Morgan fingerprint density at radius 2 is 1.60 bits per heavy atom. The van der Waals surface area contributed by atoms with Crippen molar-refractivity contribution in [3.05, 3.63) is 46.0 Å². The molecule has 0 aliphatic heterocycles. The number of benzene rings is 1. The van der Waals surface area contributed by atoms with Crippen LogP contribution in [0.25, 0.3) is 0 Å². The molecule has 0 radical (unpaired) electrons. The topological polar surface area (TPSA) is 95.0 Å². The van der Waals surface area contributed by atoms with Gasteiger partial charge in [-0.15, -0.1) is 0 Å². The maximum atomic E-state index is 14.7. The second-order valence-corrected chi connectivity index (χ2v) is 22.0. The highest BCUT2D eigenvalue weighted by Crippen LogP contribution is 2.74. The normalized spacial score (nSPS) is 38.2. The Balaban J connectivity index is 1.13. The number of rotatable bonds is 12. The Labute approximate surface area is 348 Å². The number of amides is 1. The fourth-order valence-corrected chi connectivity index (χ4v) is 15.1. The number of carbonyl (C=O) groups excluding carboxylic acids is 3. The van der Waals surface area contributed by atoms with Crippen LogP contribution in [0.1, 0.15) is 131 Å². The number of carbonyl (C=O) groups is 4. The molecule has 6 aliphatic carbocycles. The Bertz CT molecular complexity index is 1800. The van der Waals surface area contributed by atoms with Crippen LogP contribution in [0.15, 0.2) is 35.4 Å². The van der Waals surface area contributed by atoms with Gasteiger partial charge in [-0.1, -0.05) is 83.8 Å². The first kappa shape index (κ1) is 42.6. The molecule has 6 aliphatic rings. The second kappa shape index (κ2) is 15.5. The zero-order chi connectivity index (χ0) is 41.4. The van der Waals surface area contributed by atoms with Crippen LogP contribution in [0.3, 0.4) is 0 Å². The van der Waals surface area contributed by atoms with Gasteiger partial charge < -0.3 is 14.9 Å². The molecule has 7 nitrogen and oxygen atoms in total. The Kier molecular flexibility index (Phi) is 11.6. The zero-order valence-electron chi connectivity index (χ0n) is 36.5. The first-order valence-corrected chi connectivity index (χ1v) is 22.8. The van der Waals surface area contributed by atoms with Gasteiger partial charge >= 0.3 is 5.97 Å². The molecule has 11 unspecified atom stereocenters. The number of nitrogens with zero attached hydrogens (tertiary/aromatic N) is 2. The summed E-state index contributed by atoms with van der Waals surface area (Å²) in [6.07, 6.45) is 10.6. The summed E-state index contributed by atoms with van der Waals surface area (Å²) < 4.78 is 0. The summed E-state index contributed by atoms with van der Waals surface area (Å²) in [4.78, 5) is 58.3. The minimum Gasteiger partial charge on any atom is -0.481 e. The van der Waals surface area contributed by atoms with Gasteiger partial charge in [-0.2, -0.15) is 0 Å². The summed E-state index contributed by atoms with van der Waals surface area (Å²) >= 11 is 6.64. The van der Waals surface area contributed by atoms with Crippen LogP contribution in [0.4, 0.5) is 0 Å². The van der Waals surface area contributed by atoms with Crippen molar-refractivity contribution in [1.82, 2.24) is 9.80 Å². The summed E-state index contributed by atoms with van der Waals surface area (Å²) in [6.45, 7) is 18.2. The molecule has 0 heterocycles. The van der Waals surface area contributed by atoms with E-state index in [2.05, 4.69) is 46.4 Å². The van der Waals surface area contributed by atoms with E-state index in [9.17, 15) is 24.3 Å². The van der Waals surface area contributed by atoms with Crippen molar-refractivity contribution in [3.8, 4) is 0 Å². The number of Topliss-reactive ketones (excluding diaryl/α,β-unsaturated/α-hetero) is 2. The molecular formula is C49H71ClN2O5. The largest absolute Gasteiger partial charge is 0.481 e. The quantitative estimate of drug-likeness (QED) is 0.226. The molecule has 1 N–H and O–H groups in total. The van der Waals surface area contributed by atoms with E-state index in [1.807, 2.05) is 50.2 Å². The van der Waals surface area contributed by atoms with E-state index < -0.39 is 11.4 Å². The molecule has 0 bridgehead atoms. The summed E-state index contributed by atoms with van der Waals surface area (Å²) in [7, 11) is 4.08. The average molecular weight is 804 g/mol. The lowest BCUT2D eigenvalue weighted by Crippen LogP contribution is -2.62. The molecule has 11 atom stereocenters. The van der Waals surface area contributed by atoms with Crippen LogP contribution < -0.4 is 0 Å². The maximum Gasteiger partial charge on any atom is 0.306 e. The number of likely N-dealkylation sites (N-methyl/N-ethyl adjacent to an activating group) is 1. The number of hydrogen-bond donors (Lipinski definition) is 1. The fraction of sp³-hybridized carbons (Fsp3) is 0.755. The number of carboxylic acid groups (broad SMARTS) is 1. The van der Waals surface area contributed by atoms with E-state index in [1.165, 1.54) is 12.0 Å². The van der Waals surface area contributed by atoms with Crippen molar-refractivity contribution in [2.75, 3.05) is 27.2 Å². The van der Waals surface area contributed by atoms with E-state index in [0.717, 1.165) is 62.6 Å². The Morgan fingerprint density at radius 3 is 2.25 bits per heavy atom. The molecule has 0 spiro atoms. The second-order valence-electron chi connectivity index (χ2n) is 21.6. The molecule has 1 amide bonds. The summed E-state index contributed by atoms with van der Waals surface area (Å²) in [5.41, 5.74) is 3.29. The minimum atomic E-state index is -0.763. The van der Waals surface area contributed by atoms with Crippen LogP contribution in [0.2, 0.25) is 5.02 Å². The van der Waals surface area contributed by atoms with E-state index >= 15 is 0 Å². The maximum absolute atomic E-state index is 14.7. The molecule has 314 valence electrons. The van der Waals surface area contributed by atoms with Gasteiger partial charge in [0.25, 0.3) is 0 Å². The third-order valence-corrected chi connectivity index (χ3v) is 18.3. The highest BCUT2D eigenvalue weighted by atomic mass is 35.5. The van der Waals surface area contributed by atoms with Gasteiger partial charge in [0.1, 0.15) is 5.78 Å². The van der Waals surface area contributed by atoms with Gasteiger partial charge in [-0.25, -0.2) is 0 Å². The van der Waals surface area contributed by atoms with E-state index in [1.54, 1.807) is 0 Å². The fourth-order valence-electron chi connectivity index (χ4n) is 14.9. The average Bonchev–Trinajstić information content (AvgIpc) is 3.42. The summed E-state index contributed by atoms with van der Waals surface area (Å²) in [5, 5.41) is 10.2. The first-order valence-electron chi connectivity index (χ1n) is 22.4. The summed E-state index contributed by atoms with van der Waals surface area (Å²) in [5.74, 6) is 1.76. The number of hydrogen-bond acceptors (Lipinski definition) is 5. The zero-order valence-corrected chi connectivity index (χ0v) is 37.2. The smallest absolute Gasteiger partial charge is 0.306 e. The van der Waals surface area contributed by atoms with Crippen LogP contribution >= 0.6 is 11.6 Å². The van der Waals surface area contributed by atoms with Crippen molar-refractivity contribution >= 4 is 35.0 Å². The van der Waals surface area contributed by atoms with E-state index in [0.29, 0.717) is 73.4 Å². The van der Waals surface area contributed by atoms with Crippen molar-refractivity contribution in [2.45, 2.75) is 132 Å². The standard InChI is InChI=1S/C49H71ClN2O5/c1-29(2)43-39(54)26-49(27-42(55)52(23-22-51(8)9)28-31-12-10-11-13-37(31)50)21-17-36-33(44(43)49)14-15-41-47(36,6)20-18-40-46(4,5)32(16-19-48(40,41)7)24-38(53)34-25-35(30(34)3)45(56)57/h10-13,29-30,32-36,40-41H,14-28H2,1-9H3,(H,56,57).